The van der Waals surface area contributed by atoms with Gasteiger partial charge in [-0.2, -0.15) is 0 Å². The van der Waals surface area contributed by atoms with E-state index < -0.39 is 11.8 Å². The van der Waals surface area contributed by atoms with Crippen molar-refractivity contribution >= 4 is 28.8 Å². The highest BCUT2D eigenvalue weighted by atomic mass is 16.5. The lowest BCUT2D eigenvalue weighted by molar-refractivity contribution is -0.120. The molecule has 1 heterocycles. The van der Waals surface area contributed by atoms with Crippen molar-refractivity contribution in [3.05, 3.63) is 84.1 Å². The van der Waals surface area contributed by atoms with Crippen molar-refractivity contribution in [1.82, 2.24) is 0 Å². The SMILES string of the molecule is COc1ccc(OC)c(N2C(=O)C(c3ccccc3OC)=C(N(C)c3ccccc3)C2=O)c1. The number of benzene rings is 3. The maximum Gasteiger partial charge on any atom is 0.282 e. The number of anilines is 2. The third kappa shape index (κ3) is 3.78. The molecule has 0 saturated heterocycles. The third-order valence-electron chi connectivity index (χ3n) is 5.54. The molecule has 0 N–H and O–H groups in total. The molecule has 0 unspecified atom stereocenters. The lowest BCUT2D eigenvalue weighted by atomic mass is 10.0. The molecular weight excluding hydrogens is 420 g/mol. The van der Waals surface area contributed by atoms with E-state index in [-0.39, 0.29) is 11.3 Å². The first-order valence-corrected chi connectivity index (χ1v) is 10.3. The highest BCUT2D eigenvalue weighted by molar-refractivity contribution is 6.47. The molecule has 168 valence electrons. The molecule has 3 aromatic carbocycles. The molecule has 7 heteroatoms. The third-order valence-corrected chi connectivity index (χ3v) is 5.54. The number of rotatable bonds is 7. The summed E-state index contributed by atoms with van der Waals surface area (Å²) in [7, 11) is 6.30. The Morgan fingerprint density at radius 3 is 2.06 bits per heavy atom. The van der Waals surface area contributed by atoms with Gasteiger partial charge in [0, 0.05) is 24.4 Å². The van der Waals surface area contributed by atoms with Gasteiger partial charge < -0.3 is 19.1 Å². The summed E-state index contributed by atoms with van der Waals surface area (Å²) < 4.78 is 16.3. The standard InChI is InChI=1S/C26H24N2O5/c1-27(17-10-6-5-7-11-17)24-23(19-12-8-9-13-21(19)32-3)25(29)28(26(24)30)20-16-18(31-2)14-15-22(20)33-4/h5-16H,1-4H3. The topological polar surface area (TPSA) is 68.3 Å². The van der Waals surface area contributed by atoms with Crippen LogP contribution in [0.5, 0.6) is 17.2 Å². The highest BCUT2D eigenvalue weighted by Crippen LogP contribution is 2.42. The number of imide groups is 1. The van der Waals surface area contributed by atoms with Crippen molar-refractivity contribution in [1.29, 1.82) is 0 Å². The van der Waals surface area contributed by atoms with Gasteiger partial charge in [-0.1, -0.05) is 36.4 Å². The number of methoxy groups -OCH3 is 3. The van der Waals surface area contributed by atoms with Crippen molar-refractivity contribution in [3.8, 4) is 17.2 Å². The molecule has 4 rings (SSSR count). The quantitative estimate of drug-likeness (QED) is 0.511. The van der Waals surface area contributed by atoms with Crippen LogP contribution in [0.15, 0.2) is 78.5 Å². The first-order valence-electron chi connectivity index (χ1n) is 10.3. The zero-order valence-electron chi connectivity index (χ0n) is 18.9. The molecular formula is C26H24N2O5. The van der Waals surface area contributed by atoms with E-state index in [1.807, 2.05) is 36.4 Å². The lowest BCUT2D eigenvalue weighted by Crippen LogP contribution is -2.34. The van der Waals surface area contributed by atoms with Crippen molar-refractivity contribution in [2.75, 3.05) is 38.2 Å². The van der Waals surface area contributed by atoms with Crippen LogP contribution in [0.3, 0.4) is 0 Å². The lowest BCUT2D eigenvalue weighted by Gasteiger charge is -2.22. The van der Waals surface area contributed by atoms with Crippen LogP contribution in [0, 0.1) is 0 Å². The van der Waals surface area contributed by atoms with Gasteiger partial charge in [-0.05, 0) is 30.3 Å². The van der Waals surface area contributed by atoms with Crippen molar-refractivity contribution in [3.63, 3.8) is 0 Å². The normalized spacial score (nSPS) is 13.4. The van der Waals surface area contributed by atoms with Gasteiger partial charge in [-0.15, -0.1) is 0 Å². The van der Waals surface area contributed by atoms with Gasteiger partial charge in [-0.25, -0.2) is 4.90 Å². The number of nitrogens with zero attached hydrogens (tertiary/aromatic N) is 2. The summed E-state index contributed by atoms with van der Waals surface area (Å²) in [6.45, 7) is 0. The van der Waals surface area contributed by atoms with Gasteiger partial charge in [0.25, 0.3) is 11.8 Å². The Morgan fingerprint density at radius 1 is 0.727 bits per heavy atom. The van der Waals surface area contributed by atoms with E-state index in [1.54, 1.807) is 48.3 Å². The van der Waals surface area contributed by atoms with Crippen molar-refractivity contribution < 1.29 is 23.8 Å². The number of ether oxygens (including phenoxy) is 3. The molecule has 7 nitrogen and oxygen atoms in total. The number of hydrogen-bond acceptors (Lipinski definition) is 6. The van der Waals surface area contributed by atoms with E-state index >= 15 is 0 Å². The van der Waals surface area contributed by atoms with E-state index in [9.17, 15) is 9.59 Å². The molecule has 0 radical (unpaired) electrons. The van der Waals surface area contributed by atoms with Crippen LogP contribution in [0.4, 0.5) is 11.4 Å². The molecule has 0 spiro atoms. The molecule has 3 aromatic rings. The predicted molar refractivity (Wildman–Crippen MR) is 127 cm³/mol. The predicted octanol–water partition coefficient (Wildman–Crippen LogP) is 4.13. The monoisotopic (exact) mass is 444 g/mol. The Hall–Kier alpha value is -4.26. The largest absolute Gasteiger partial charge is 0.497 e. The average molecular weight is 444 g/mol. The molecule has 33 heavy (non-hydrogen) atoms. The minimum Gasteiger partial charge on any atom is -0.497 e. The van der Waals surface area contributed by atoms with Gasteiger partial charge in [0.1, 0.15) is 22.9 Å². The van der Waals surface area contributed by atoms with E-state index in [4.69, 9.17) is 14.2 Å². The van der Waals surface area contributed by atoms with E-state index in [2.05, 4.69) is 0 Å². The Morgan fingerprint density at radius 2 is 1.39 bits per heavy atom. The molecule has 0 bridgehead atoms. The summed E-state index contributed by atoms with van der Waals surface area (Å²) in [4.78, 5) is 30.6. The van der Waals surface area contributed by atoms with Crippen LogP contribution in [0.25, 0.3) is 5.57 Å². The second-order valence-electron chi connectivity index (χ2n) is 7.30. The second kappa shape index (κ2) is 9.08. The highest BCUT2D eigenvalue weighted by Gasteiger charge is 2.44. The summed E-state index contributed by atoms with van der Waals surface area (Å²) in [6, 6.07) is 21.5. The van der Waals surface area contributed by atoms with Gasteiger partial charge in [0.2, 0.25) is 0 Å². The van der Waals surface area contributed by atoms with Crippen molar-refractivity contribution in [2.24, 2.45) is 0 Å². The summed E-state index contributed by atoms with van der Waals surface area (Å²) in [5.74, 6) is 0.412. The Labute approximate surface area is 192 Å². The number of para-hydroxylation sites is 2. The van der Waals surface area contributed by atoms with Crippen LogP contribution in [0.2, 0.25) is 0 Å². The Bertz CT molecular complexity index is 1240. The summed E-state index contributed by atoms with van der Waals surface area (Å²) in [6.07, 6.45) is 0. The molecule has 0 saturated carbocycles. The first-order chi connectivity index (χ1) is 16.0. The maximum atomic E-state index is 13.9. The molecule has 0 fully saturated rings. The molecule has 1 aliphatic rings. The Balaban J connectivity index is 1.94. The molecule has 0 atom stereocenters. The van der Waals surface area contributed by atoms with Gasteiger partial charge in [0.05, 0.1) is 32.6 Å². The minimum absolute atomic E-state index is 0.237. The van der Waals surface area contributed by atoms with Crippen LogP contribution in [-0.2, 0) is 9.59 Å². The van der Waals surface area contributed by atoms with Crippen LogP contribution >= 0.6 is 0 Å². The fourth-order valence-corrected chi connectivity index (χ4v) is 3.89. The zero-order valence-corrected chi connectivity index (χ0v) is 18.9. The zero-order chi connectivity index (χ0) is 23.5. The molecule has 2 amide bonds. The fourth-order valence-electron chi connectivity index (χ4n) is 3.89. The molecule has 0 aromatic heterocycles. The minimum atomic E-state index is -0.478. The van der Waals surface area contributed by atoms with Gasteiger partial charge in [0.15, 0.2) is 0 Å². The van der Waals surface area contributed by atoms with Crippen molar-refractivity contribution in [2.45, 2.75) is 0 Å². The second-order valence-corrected chi connectivity index (χ2v) is 7.30. The number of carbonyl (C=O) groups excluding carboxylic acids is 2. The summed E-state index contributed by atoms with van der Waals surface area (Å²) >= 11 is 0. The number of likely N-dealkylation sites (N-methyl/N-ethyl adjacent to an activating group) is 1. The maximum absolute atomic E-state index is 13.9. The smallest absolute Gasteiger partial charge is 0.282 e. The van der Waals surface area contributed by atoms with Crippen LogP contribution in [0.1, 0.15) is 5.56 Å². The number of carbonyl (C=O) groups is 2. The summed E-state index contributed by atoms with van der Waals surface area (Å²) in [5, 5.41) is 0. The molecule has 0 aliphatic carbocycles. The Kier molecular flexibility index (Phi) is 6.04. The van der Waals surface area contributed by atoms with E-state index in [0.29, 0.717) is 28.5 Å². The van der Waals surface area contributed by atoms with Crippen LogP contribution in [-0.4, -0.2) is 40.2 Å². The van der Waals surface area contributed by atoms with Gasteiger partial charge >= 0.3 is 0 Å². The summed E-state index contributed by atoms with van der Waals surface area (Å²) in [5.41, 5.74) is 2.07. The van der Waals surface area contributed by atoms with E-state index in [1.165, 1.54) is 21.3 Å². The molecule has 1 aliphatic heterocycles. The van der Waals surface area contributed by atoms with Gasteiger partial charge in [-0.3, -0.25) is 9.59 Å². The van der Waals surface area contributed by atoms with E-state index in [0.717, 1.165) is 10.6 Å². The van der Waals surface area contributed by atoms with Crippen LogP contribution < -0.4 is 24.0 Å². The number of amides is 2. The first kappa shape index (κ1) is 22.0. The fraction of sp³-hybridized carbons (Fsp3) is 0.154. The average Bonchev–Trinajstić information content (AvgIpc) is 3.12. The number of hydrogen-bond donors (Lipinski definition) is 0.